The van der Waals surface area contributed by atoms with Crippen molar-refractivity contribution in [2.24, 2.45) is 0 Å². The molecule has 20 heavy (non-hydrogen) atoms. The van der Waals surface area contributed by atoms with E-state index in [0.717, 1.165) is 6.26 Å². The van der Waals surface area contributed by atoms with Crippen molar-refractivity contribution < 1.29 is 18.4 Å². The minimum Gasteiger partial charge on any atom is -0.389 e. The van der Waals surface area contributed by atoms with Crippen LogP contribution < -0.4 is 4.90 Å². The second kappa shape index (κ2) is 5.37. The average Bonchev–Trinajstić information content (AvgIpc) is 2.24. The fourth-order valence-corrected chi connectivity index (χ4v) is 2.82. The molecule has 1 aromatic carbocycles. The van der Waals surface area contributed by atoms with Gasteiger partial charge in [-0.3, -0.25) is 10.1 Å². The highest BCUT2D eigenvalue weighted by Crippen LogP contribution is 2.34. The Bertz CT molecular complexity index is 619. The number of sulfone groups is 1. The second-order valence-electron chi connectivity index (χ2n) is 5.32. The van der Waals surface area contributed by atoms with Crippen LogP contribution in [-0.2, 0) is 9.84 Å². The number of aliphatic hydroxyl groups is 1. The molecule has 0 aliphatic heterocycles. The lowest BCUT2D eigenvalue weighted by atomic mass is 10.1. The van der Waals surface area contributed by atoms with Crippen molar-refractivity contribution in [1.29, 1.82) is 0 Å². The summed E-state index contributed by atoms with van der Waals surface area (Å²) in [6.07, 6.45) is 0.926. The molecule has 0 heterocycles. The molecule has 1 rings (SSSR count). The first-order chi connectivity index (χ1) is 8.93. The average molecular weight is 302 g/mol. The summed E-state index contributed by atoms with van der Waals surface area (Å²) in [5.41, 5.74) is -1.38. The number of nitrogens with zero attached hydrogens (tertiary/aromatic N) is 2. The Balaban J connectivity index is 3.45. The predicted molar refractivity (Wildman–Crippen MR) is 75.8 cm³/mol. The highest BCUT2D eigenvalue weighted by Gasteiger charge is 2.29. The number of benzene rings is 1. The van der Waals surface area contributed by atoms with Crippen LogP contribution in [-0.4, -0.2) is 43.9 Å². The summed E-state index contributed by atoms with van der Waals surface area (Å²) >= 11 is 0. The van der Waals surface area contributed by atoms with E-state index in [1.165, 1.54) is 23.1 Å². The Morgan fingerprint density at radius 1 is 1.40 bits per heavy atom. The van der Waals surface area contributed by atoms with Gasteiger partial charge in [-0.25, -0.2) is 8.42 Å². The molecule has 0 spiro atoms. The van der Waals surface area contributed by atoms with Crippen molar-refractivity contribution in [1.82, 2.24) is 0 Å². The van der Waals surface area contributed by atoms with Crippen molar-refractivity contribution >= 4 is 21.2 Å². The Morgan fingerprint density at radius 3 is 2.35 bits per heavy atom. The van der Waals surface area contributed by atoms with Crippen molar-refractivity contribution in [3.63, 3.8) is 0 Å². The van der Waals surface area contributed by atoms with E-state index in [-0.39, 0.29) is 17.1 Å². The van der Waals surface area contributed by atoms with Gasteiger partial charge in [0.2, 0.25) is 0 Å². The molecule has 0 radical (unpaired) electrons. The van der Waals surface area contributed by atoms with Crippen LogP contribution in [0, 0.1) is 10.1 Å². The molecule has 1 aromatic rings. The normalized spacial score (nSPS) is 12.2. The number of likely N-dealkylation sites (N-methyl/N-ethyl adjacent to an activating group) is 1. The van der Waals surface area contributed by atoms with Crippen molar-refractivity contribution in [2.75, 3.05) is 24.7 Å². The zero-order valence-corrected chi connectivity index (χ0v) is 12.6. The molecular formula is C12H18N2O5S. The molecular weight excluding hydrogens is 284 g/mol. The van der Waals surface area contributed by atoms with E-state index < -0.39 is 26.0 Å². The third-order valence-corrected chi connectivity index (χ3v) is 3.72. The predicted octanol–water partition coefficient (Wildman–Crippen LogP) is 1.21. The Kier molecular flexibility index (Phi) is 4.40. The van der Waals surface area contributed by atoms with Gasteiger partial charge < -0.3 is 10.0 Å². The molecule has 0 aromatic heterocycles. The van der Waals surface area contributed by atoms with E-state index >= 15 is 0 Å². The van der Waals surface area contributed by atoms with Gasteiger partial charge >= 0.3 is 5.69 Å². The Labute approximate surface area is 117 Å². The summed E-state index contributed by atoms with van der Waals surface area (Å²) in [4.78, 5) is 11.6. The van der Waals surface area contributed by atoms with Gasteiger partial charge in [0.1, 0.15) is 10.6 Å². The van der Waals surface area contributed by atoms with E-state index in [4.69, 9.17) is 0 Å². The quantitative estimate of drug-likeness (QED) is 0.648. The molecule has 0 saturated heterocycles. The number of para-hydroxylation sites is 1. The fourth-order valence-electron chi connectivity index (χ4n) is 1.97. The van der Waals surface area contributed by atoms with Gasteiger partial charge in [0.25, 0.3) is 0 Å². The molecule has 0 bridgehead atoms. The molecule has 0 aliphatic carbocycles. The summed E-state index contributed by atoms with van der Waals surface area (Å²) in [7, 11) is -2.15. The molecule has 0 fully saturated rings. The summed E-state index contributed by atoms with van der Waals surface area (Å²) in [5.74, 6) is 0. The van der Waals surface area contributed by atoms with Crippen LogP contribution in [0.1, 0.15) is 13.8 Å². The standard InChI is InChI=1S/C12H18N2O5S/c1-12(2,15)8-13(3)9-6-5-7-10(20(4,18)19)11(9)14(16)17/h5-7,15H,8H2,1-4H3. The maximum absolute atomic E-state index is 11.6. The zero-order valence-electron chi connectivity index (χ0n) is 11.8. The topological polar surface area (TPSA) is 101 Å². The lowest BCUT2D eigenvalue weighted by Gasteiger charge is -2.27. The molecule has 112 valence electrons. The van der Waals surface area contributed by atoms with Gasteiger partial charge in [-0.1, -0.05) is 6.07 Å². The number of hydrogen-bond acceptors (Lipinski definition) is 6. The van der Waals surface area contributed by atoms with E-state index in [9.17, 15) is 23.6 Å². The minimum atomic E-state index is -3.71. The van der Waals surface area contributed by atoms with Gasteiger partial charge in [-0.05, 0) is 26.0 Å². The van der Waals surface area contributed by atoms with Gasteiger partial charge in [-0.2, -0.15) is 0 Å². The molecule has 0 atom stereocenters. The van der Waals surface area contributed by atoms with Crippen LogP contribution in [0.3, 0.4) is 0 Å². The van der Waals surface area contributed by atoms with E-state index in [0.29, 0.717) is 0 Å². The van der Waals surface area contributed by atoms with Gasteiger partial charge in [0.05, 0.1) is 10.5 Å². The van der Waals surface area contributed by atoms with Crippen LogP contribution >= 0.6 is 0 Å². The third kappa shape index (κ3) is 3.91. The first-order valence-electron chi connectivity index (χ1n) is 5.84. The number of hydrogen-bond donors (Lipinski definition) is 1. The molecule has 1 N–H and O–H groups in total. The number of nitro benzene ring substituents is 1. The van der Waals surface area contributed by atoms with Crippen molar-refractivity contribution in [3.05, 3.63) is 28.3 Å². The number of anilines is 1. The molecule has 0 amide bonds. The van der Waals surface area contributed by atoms with Gasteiger partial charge in [0.15, 0.2) is 9.84 Å². The SMILES string of the molecule is CN(CC(C)(C)O)c1cccc(S(C)(=O)=O)c1[N+](=O)[O-]. The van der Waals surface area contributed by atoms with Crippen molar-refractivity contribution in [3.8, 4) is 0 Å². The highest BCUT2D eigenvalue weighted by molar-refractivity contribution is 7.90. The molecule has 0 saturated carbocycles. The van der Waals surface area contributed by atoms with Crippen molar-refractivity contribution in [2.45, 2.75) is 24.3 Å². The number of nitro groups is 1. The van der Waals surface area contributed by atoms with Crippen LogP contribution in [0.15, 0.2) is 23.1 Å². The fraction of sp³-hybridized carbons (Fsp3) is 0.500. The van der Waals surface area contributed by atoms with Crippen LogP contribution in [0.5, 0.6) is 0 Å². The zero-order chi connectivity index (χ0) is 15.7. The lowest BCUT2D eigenvalue weighted by Crippen LogP contribution is -2.36. The third-order valence-electron chi connectivity index (χ3n) is 2.60. The smallest absolute Gasteiger partial charge is 0.311 e. The van der Waals surface area contributed by atoms with Gasteiger partial charge in [-0.15, -0.1) is 0 Å². The molecule has 0 unspecified atom stereocenters. The second-order valence-corrected chi connectivity index (χ2v) is 7.31. The summed E-state index contributed by atoms with van der Waals surface area (Å²) in [5, 5.41) is 21.0. The maximum Gasteiger partial charge on any atom is 0.311 e. The minimum absolute atomic E-state index is 0.126. The van der Waals surface area contributed by atoms with Crippen LogP contribution in [0.4, 0.5) is 11.4 Å². The monoisotopic (exact) mass is 302 g/mol. The van der Waals surface area contributed by atoms with E-state index in [1.807, 2.05) is 0 Å². The molecule has 7 nitrogen and oxygen atoms in total. The first-order valence-corrected chi connectivity index (χ1v) is 7.73. The van der Waals surface area contributed by atoms with E-state index in [1.54, 1.807) is 20.9 Å². The maximum atomic E-state index is 11.6. The highest BCUT2D eigenvalue weighted by atomic mass is 32.2. The molecule has 0 aliphatic rings. The molecule has 8 heteroatoms. The van der Waals surface area contributed by atoms with Gasteiger partial charge in [0, 0.05) is 19.8 Å². The van der Waals surface area contributed by atoms with Crippen LogP contribution in [0.25, 0.3) is 0 Å². The van der Waals surface area contributed by atoms with E-state index in [2.05, 4.69) is 0 Å². The first kappa shape index (κ1) is 16.4. The van der Waals surface area contributed by atoms with Crippen LogP contribution in [0.2, 0.25) is 0 Å². The summed E-state index contributed by atoms with van der Waals surface area (Å²) < 4.78 is 23.3. The summed E-state index contributed by atoms with van der Waals surface area (Å²) in [6.45, 7) is 3.26. The summed E-state index contributed by atoms with van der Waals surface area (Å²) in [6, 6.07) is 4.10. The number of rotatable bonds is 5. The Morgan fingerprint density at radius 2 is 1.95 bits per heavy atom. The Hall–Kier alpha value is -1.67. The lowest BCUT2D eigenvalue weighted by molar-refractivity contribution is -0.387. The largest absolute Gasteiger partial charge is 0.389 e.